The number of hydrogen-bond donors (Lipinski definition) is 2. The molecule has 2 aromatic heterocycles. The molecule has 0 bridgehead atoms. The zero-order chi connectivity index (χ0) is 15.5. The fourth-order valence-electron chi connectivity index (χ4n) is 1.90. The van der Waals surface area contributed by atoms with Gasteiger partial charge in [0.05, 0.1) is 16.8 Å². The molecule has 0 aliphatic carbocycles. The van der Waals surface area contributed by atoms with Gasteiger partial charge < -0.3 is 4.98 Å². The molecular formula is C14H15N5OS2. The maximum Gasteiger partial charge on any atom is 0.236 e. The van der Waals surface area contributed by atoms with Gasteiger partial charge in [-0.3, -0.25) is 10.1 Å². The number of imidazole rings is 1. The highest BCUT2D eigenvalue weighted by Crippen LogP contribution is 2.21. The van der Waals surface area contributed by atoms with Crippen molar-refractivity contribution < 1.29 is 4.79 Å². The normalized spacial score (nSPS) is 11.0. The van der Waals surface area contributed by atoms with Gasteiger partial charge in [0.15, 0.2) is 5.16 Å². The van der Waals surface area contributed by atoms with Gasteiger partial charge in [0.2, 0.25) is 11.0 Å². The smallest absolute Gasteiger partial charge is 0.236 e. The van der Waals surface area contributed by atoms with E-state index in [9.17, 15) is 4.79 Å². The molecule has 0 atom stereocenters. The van der Waals surface area contributed by atoms with Gasteiger partial charge in [-0.25, -0.2) is 4.98 Å². The number of anilines is 1. The molecule has 1 aromatic carbocycles. The molecule has 1 amide bonds. The molecule has 2 N–H and O–H groups in total. The Bertz CT molecular complexity index is 811. The highest BCUT2D eigenvalue weighted by molar-refractivity contribution is 7.99. The van der Waals surface area contributed by atoms with Crippen LogP contribution < -0.4 is 5.32 Å². The van der Waals surface area contributed by atoms with Crippen LogP contribution in [0.15, 0.2) is 23.4 Å². The summed E-state index contributed by atoms with van der Waals surface area (Å²) in [5.74, 6) is 0.167. The Balaban J connectivity index is 1.59. The summed E-state index contributed by atoms with van der Waals surface area (Å²) >= 11 is 2.77. The van der Waals surface area contributed by atoms with Gasteiger partial charge in [0.25, 0.3) is 0 Å². The topological polar surface area (TPSA) is 83.6 Å². The second kappa shape index (κ2) is 6.45. The SMILES string of the molecule is CCc1nnc(NC(=O)CSc2nc3ccc(C)cc3[nH]2)s1. The zero-order valence-corrected chi connectivity index (χ0v) is 13.8. The molecule has 0 saturated heterocycles. The summed E-state index contributed by atoms with van der Waals surface area (Å²) in [5, 5.41) is 12.9. The van der Waals surface area contributed by atoms with E-state index in [-0.39, 0.29) is 11.7 Å². The minimum atomic E-state index is -0.111. The lowest BCUT2D eigenvalue weighted by Crippen LogP contribution is -2.13. The van der Waals surface area contributed by atoms with Crippen LogP contribution in [0.5, 0.6) is 0 Å². The number of benzene rings is 1. The molecule has 0 fully saturated rings. The van der Waals surface area contributed by atoms with Gasteiger partial charge in [-0.2, -0.15) is 0 Å². The number of hydrogen-bond acceptors (Lipinski definition) is 6. The van der Waals surface area contributed by atoms with Gasteiger partial charge >= 0.3 is 0 Å². The second-order valence-electron chi connectivity index (χ2n) is 4.75. The van der Waals surface area contributed by atoms with Crippen LogP contribution in [0.3, 0.4) is 0 Å². The van der Waals surface area contributed by atoms with Crippen molar-refractivity contribution >= 4 is 45.2 Å². The molecule has 3 rings (SSSR count). The Hall–Kier alpha value is -1.93. The Kier molecular flexibility index (Phi) is 4.39. The molecule has 114 valence electrons. The van der Waals surface area contributed by atoms with Crippen LogP contribution in [-0.4, -0.2) is 31.8 Å². The van der Waals surface area contributed by atoms with Crippen molar-refractivity contribution in [1.29, 1.82) is 0 Å². The van der Waals surface area contributed by atoms with E-state index in [0.717, 1.165) is 27.6 Å². The first-order chi connectivity index (χ1) is 10.6. The van der Waals surface area contributed by atoms with E-state index in [1.54, 1.807) is 0 Å². The first-order valence-electron chi connectivity index (χ1n) is 6.85. The van der Waals surface area contributed by atoms with Crippen molar-refractivity contribution in [3.05, 3.63) is 28.8 Å². The summed E-state index contributed by atoms with van der Waals surface area (Å²) in [6.45, 7) is 4.04. The van der Waals surface area contributed by atoms with E-state index in [1.165, 1.54) is 28.7 Å². The number of aryl methyl sites for hydroxylation is 2. The van der Waals surface area contributed by atoms with Crippen LogP contribution in [-0.2, 0) is 11.2 Å². The molecule has 0 saturated carbocycles. The lowest BCUT2D eigenvalue weighted by atomic mass is 10.2. The molecule has 3 aromatic rings. The van der Waals surface area contributed by atoms with Crippen molar-refractivity contribution in [3.8, 4) is 0 Å². The molecule has 8 heteroatoms. The number of rotatable bonds is 5. The largest absolute Gasteiger partial charge is 0.333 e. The molecule has 6 nitrogen and oxygen atoms in total. The zero-order valence-electron chi connectivity index (χ0n) is 12.2. The standard InChI is InChI=1S/C14H15N5OS2/c1-3-12-18-19-14(22-12)17-11(20)7-21-13-15-9-5-4-8(2)6-10(9)16-13/h4-6H,3,7H2,1-2H3,(H,15,16)(H,17,19,20). The summed E-state index contributed by atoms with van der Waals surface area (Å²) in [5.41, 5.74) is 3.07. The van der Waals surface area contributed by atoms with Gasteiger partial charge in [-0.15, -0.1) is 10.2 Å². The third-order valence-electron chi connectivity index (χ3n) is 2.97. The van der Waals surface area contributed by atoms with Crippen molar-refractivity contribution in [2.24, 2.45) is 0 Å². The fourth-order valence-corrected chi connectivity index (χ4v) is 3.29. The third-order valence-corrected chi connectivity index (χ3v) is 4.83. The quantitative estimate of drug-likeness (QED) is 0.701. The van der Waals surface area contributed by atoms with E-state index in [0.29, 0.717) is 5.13 Å². The Labute approximate surface area is 135 Å². The summed E-state index contributed by atoms with van der Waals surface area (Å²) in [4.78, 5) is 19.6. The minimum Gasteiger partial charge on any atom is -0.333 e. The number of H-pyrrole nitrogens is 1. The van der Waals surface area contributed by atoms with Crippen molar-refractivity contribution in [2.45, 2.75) is 25.4 Å². The first kappa shape index (κ1) is 15.0. The van der Waals surface area contributed by atoms with Crippen LogP contribution >= 0.6 is 23.1 Å². The molecule has 0 spiro atoms. The van der Waals surface area contributed by atoms with Crippen molar-refractivity contribution in [2.75, 3.05) is 11.1 Å². The number of aromatic nitrogens is 4. The fraction of sp³-hybridized carbons (Fsp3) is 0.286. The molecule has 2 heterocycles. The molecular weight excluding hydrogens is 318 g/mol. The lowest BCUT2D eigenvalue weighted by molar-refractivity contribution is -0.113. The summed E-state index contributed by atoms with van der Waals surface area (Å²) in [7, 11) is 0. The summed E-state index contributed by atoms with van der Waals surface area (Å²) in [6.07, 6.45) is 0.820. The number of carbonyl (C=O) groups excluding carboxylic acids is 1. The van der Waals surface area contributed by atoms with Gasteiger partial charge in [0, 0.05) is 0 Å². The average molecular weight is 333 g/mol. The minimum absolute atomic E-state index is 0.111. The number of nitrogens with one attached hydrogen (secondary N) is 2. The lowest BCUT2D eigenvalue weighted by Gasteiger charge is -1.98. The third kappa shape index (κ3) is 3.45. The van der Waals surface area contributed by atoms with E-state index in [2.05, 4.69) is 25.5 Å². The molecule has 0 unspecified atom stereocenters. The van der Waals surface area contributed by atoms with Gasteiger partial charge in [-0.05, 0) is 31.0 Å². The van der Waals surface area contributed by atoms with E-state index in [1.807, 2.05) is 32.0 Å². The van der Waals surface area contributed by atoms with Crippen LogP contribution in [0.25, 0.3) is 11.0 Å². The maximum atomic E-state index is 11.9. The highest BCUT2D eigenvalue weighted by atomic mass is 32.2. The first-order valence-corrected chi connectivity index (χ1v) is 8.65. The average Bonchev–Trinajstić information content (AvgIpc) is 3.10. The predicted octanol–water partition coefficient (Wildman–Crippen LogP) is 3.02. The maximum absolute atomic E-state index is 11.9. The monoisotopic (exact) mass is 333 g/mol. The Morgan fingerprint density at radius 3 is 3.05 bits per heavy atom. The van der Waals surface area contributed by atoms with Gasteiger partial charge in [-0.1, -0.05) is 36.1 Å². The Morgan fingerprint density at radius 2 is 2.27 bits per heavy atom. The van der Waals surface area contributed by atoms with E-state index < -0.39 is 0 Å². The number of amides is 1. The number of fused-ring (bicyclic) bond motifs is 1. The van der Waals surface area contributed by atoms with E-state index >= 15 is 0 Å². The van der Waals surface area contributed by atoms with Gasteiger partial charge in [0.1, 0.15) is 5.01 Å². The molecule has 0 radical (unpaired) electrons. The number of carbonyl (C=O) groups is 1. The molecule has 0 aliphatic rings. The number of thioether (sulfide) groups is 1. The Morgan fingerprint density at radius 1 is 1.41 bits per heavy atom. The highest BCUT2D eigenvalue weighted by Gasteiger charge is 2.10. The van der Waals surface area contributed by atoms with E-state index in [4.69, 9.17) is 0 Å². The number of aromatic amines is 1. The van der Waals surface area contributed by atoms with Crippen LogP contribution in [0.4, 0.5) is 5.13 Å². The second-order valence-corrected chi connectivity index (χ2v) is 6.78. The molecule has 22 heavy (non-hydrogen) atoms. The van der Waals surface area contributed by atoms with Crippen molar-refractivity contribution in [1.82, 2.24) is 20.2 Å². The van der Waals surface area contributed by atoms with Crippen LogP contribution in [0, 0.1) is 6.92 Å². The summed E-state index contributed by atoms with van der Waals surface area (Å²) in [6, 6.07) is 6.03. The van der Waals surface area contributed by atoms with Crippen LogP contribution in [0.2, 0.25) is 0 Å². The van der Waals surface area contributed by atoms with Crippen molar-refractivity contribution in [3.63, 3.8) is 0 Å². The predicted molar refractivity (Wildman–Crippen MR) is 89.5 cm³/mol. The number of nitrogens with zero attached hydrogens (tertiary/aromatic N) is 3. The molecule has 0 aliphatic heterocycles. The summed E-state index contributed by atoms with van der Waals surface area (Å²) < 4.78 is 0. The van der Waals surface area contributed by atoms with Crippen LogP contribution in [0.1, 0.15) is 17.5 Å².